The van der Waals surface area contributed by atoms with Crippen molar-refractivity contribution in [1.29, 1.82) is 0 Å². The number of thiazole rings is 1. The number of hydrogen-bond donors (Lipinski definition) is 1. The highest BCUT2D eigenvalue weighted by Crippen LogP contribution is 2.44. The molecule has 0 bridgehead atoms. The summed E-state index contributed by atoms with van der Waals surface area (Å²) in [6, 6.07) is 17.2. The molecule has 0 saturated heterocycles. The van der Waals surface area contributed by atoms with Gasteiger partial charge in [0, 0.05) is 11.6 Å². The van der Waals surface area contributed by atoms with Crippen LogP contribution in [-0.2, 0) is 11.2 Å². The average Bonchev–Trinajstić information content (AvgIpc) is 3.58. The fraction of sp³-hybridized carbons (Fsp3) is 0.321. The van der Waals surface area contributed by atoms with Crippen LogP contribution in [0.5, 0.6) is 0 Å². The van der Waals surface area contributed by atoms with E-state index in [1.807, 2.05) is 61.5 Å². The summed E-state index contributed by atoms with van der Waals surface area (Å²) in [6.07, 6.45) is 4.79. The van der Waals surface area contributed by atoms with Gasteiger partial charge in [0.15, 0.2) is 5.76 Å². The highest BCUT2D eigenvalue weighted by atomic mass is 32.1. The van der Waals surface area contributed by atoms with Gasteiger partial charge in [0.25, 0.3) is 5.91 Å². The Hall–Kier alpha value is -3.25. The Bertz CT molecular complexity index is 1250. The predicted octanol–water partition coefficient (Wildman–Crippen LogP) is 6.20. The van der Waals surface area contributed by atoms with E-state index in [0.29, 0.717) is 10.6 Å². The first-order valence-electron chi connectivity index (χ1n) is 11.9. The number of Topliss-reactive ketones (excluding diaryl/α,β-unsaturated/α-hetero) is 1. The highest BCUT2D eigenvalue weighted by Gasteiger charge is 2.47. The number of aromatic nitrogens is 1. The number of nitrogens with zero attached hydrogens (tertiary/aromatic N) is 2. The Morgan fingerprint density at radius 1 is 1.09 bits per heavy atom. The zero-order valence-electron chi connectivity index (χ0n) is 19.5. The van der Waals surface area contributed by atoms with Crippen molar-refractivity contribution in [2.75, 3.05) is 0 Å². The summed E-state index contributed by atoms with van der Waals surface area (Å²) >= 11 is 1.31. The number of amides is 1. The minimum Gasteiger partial charge on any atom is -0.503 e. The number of aliphatic hydroxyl groups excluding tert-OH is 1. The van der Waals surface area contributed by atoms with E-state index < -0.39 is 17.7 Å². The SMILES string of the molecule is CCc1ccc(C2C(C(=O)c3sc(-c4ccccc4)nc3C)=C(O)C(=O)N2C2CCCC2)cc1. The molecule has 1 N–H and O–H groups in total. The van der Waals surface area contributed by atoms with Gasteiger partial charge < -0.3 is 10.0 Å². The second-order valence-electron chi connectivity index (χ2n) is 9.04. The molecule has 1 fully saturated rings. The minimum atomic E-state index is -0.587. The minimum absolute atomic E-state index is 0.0261. The maximum atomic E-state index is 13.9. The third-order valence-electron chi connectivity index (χ3n) is 6.93. The van der Waals surface area contributed by atoms with Crippen LogP contribution in [0.4, 0.5) is 0 Å². The van der Waals surface area contributed by atoms with Crippen LogP contribution in [0.3, 0.4) is 0 Å². The fourth-order valence-electron chi connectivity index (χ4n) is 5.11. The van der Waals surface area contributed by atoms with Crippen molar-refractivity contribution in [3.05, 3.63) is 87.6 Å². The van der Waals surface area contributed by atoms with Gasteiger partial charge in [-0.2, -0.15) is 0 Å². The van der Waals surface area contributed by atoms with Gasteiger partial charge in [0.1, 0.15) is 5.01 Å². The second kappa shape index (κ2) is 9.18. The van der Waals surface area contributed by atoms with Gasteiger partial charge in [-0.1, -0.05) is 74.4 Å². The van der Waals surface area contributed by atoms with Gasteiger partial charge >= 0.3 is 0 Å². The van der Waals surface area contributed by atoms with Crippen LogP contribution >= 0.6 is 11.3 Å². The summed E-state index contributed by atoms with van der Waals surface area (Å²) in [6.45, 7) is 3.90. The van der Waals surface area contributed by atoms with Gasteiger partial charge in [0.05, 0.1) is 22.2 Å². The first-order chi connectivity index (χ1) is 16.5. The summed E-state index contributed by atoms with van der Waals surface area (Å²) < 4.78 is 0. The molecule has 1 unspecified atom stereocenters. The molecule has 5 nitrogen and oxygen atoms in total. The normalized spacial score (nSPS) is 18.8. The Morgan fingerprint density at radius 3 is 2.41 bits per heavy atom. The summed E-state index contributed by atoms with van der Waals surface area (Å²) in [5, 5.41) is 11.8. The van der Waals surface area contributed by atoms with E-state index in [1.165, 1.54) is 16.9 Å². The Kier molecular flexibility index (Phi) is 6.09. The van der Waals surface area contributed by atoms with Crippen LogP contribution in [0.25, 0.3) is 10.6 Å². The second-order valence-corrected chi connectivity index (χ2v) is 10.0. The van der Waals surface area contributed by atoms with E-state index in [4.69, 9.17) is 0 Å². The highest BCUT2D eigenvalue weighted by molar-refractivity contribution is 7.17. The number of ketones is 1. The molecule has 34 heavy (non-hydrogen) atoms. The van der Waals surface area contributed by atoms with Gasteiger partial charge in [0.2, 0.25) is 5.78 Å². The number of aliphatic hydroxyl groups is 1. The van der Waals surface area contributed by atoms with Gasteiger partial charge in [-0.3, -0.25) is 9.59 Å². The summed E-state index contributed by atoms with van der Waals surface area (Å²) in [4.78, 5) is 34.1. The maximum Gasteiger partial charge on any atom is 0.290 e. The zero-order chi connectivity index (χ0) is 23.8. The third-order valence-corrected chi connectivity index (χ3v) is 8.14. The molecule has 1 aliphatic heterocycles. The lowest BCUT2D eigenvalue weighted by atomic mass is 9.93. The molecule has 5 rings (SSSR count). The molecule has 3 aromatic rings. The first-order valence-corrected chi connectivity index (χ1v) is 12.7. The monoisotopic (exact) mass is 472 g/mol. The zero-order valence-corrected chi connectivity index (χ0v) is 20.3. The lowest BCUT2D eigenvalue weighted by Crippen LogP contribution is -2.38. The van der Waals surface area contributed by atoms with E-state index in [2.05, 4.69) is 11.9 Å². The molecular weight excluding hydrogens is 444 g/mol. The topological polar surface area (TPSA) is 70.5 Å². The molecule has 1 aliphatic carbocycles. The van der Waals surface area contributed by atoms with E-state index in [0.717, 1.165) is 48.2 Å². The van der Waals surface area contributed by atoms with Gasteiger partial charge in [-0.05, 0) is 37.3 Å². The van der Waals surface area contributed by atoms with Crippen molar-refractivity contribution in [3.8, 4) is 10.6 Å². The van der Waals surface area contributed by atoms with E-state index >= 15 is 0 Å². The lowest BCUT2D eigenvalue weighted by Gasteiger charge is -2.32. The molecule has 2 aliphatic rings. The van der Waals surface area contributed by atoms with E-state index in [1.54, 1.807) is 4.90 Å². The molecule has 2 aromatic carbocycles. The predicted molar refractivity (Wildman–Crippen MR) is 134 cm³/mol. The van der Waals surface area contributed by atoms with Crippen LogP contribution in [0.15, 0.2) is 65.9 Å². The standard InChI is InChI=1S/C28H28N2O3S/c1-3-18-13-15-19(16-14-18)23-22(25(32)28(33)30(23)21-11-7-8-12-21)24(31)26-17(2)29-27(34-26)20-9-5-4-6-10-20/h4-6,9-10,13-16,21,23,32H,3,7-8,11-12H2,1-2H3. The van der Waals surface area contributed by atoms with E-state index in [-0.39, 0.29) is 17.4 Å². The summed E-state index contributed by atoms with van der Waals surface area (Å²) in [5.74, 6) is -1.17. The molecular formula is C28H28N2O3S. The fourth-order valence-corrected chi connectivity index (χ4v) is 6.14. The number of carbonyl (C=O) groups is 2. The molecule has 0 spiro atoms. The van der Waals surface area contributed by atoms with Crippen LogP contribution in [0.2, 0.25) is 0 Å². The number of benzene rings is 2. The molecule has 2 heterocycles. The molecule has 0 radical (unpaired) electrons. The Balaban J connectivity index is 1.58. The molecule has 1 saturated carbocycles. The molecule has 1 amide bonds. The number of aryl methyl sites for hydroxylation is 2. The first kappa shape index (κ1) is 22.5. The van der Waals surface area contributed by atoms with Crippen LogP contribution in [-0.4, -0.2) is 32.7 Å². The van der Waals surface area contributed by atoms with Crippen molar-refractivity contribution in [3.63, 3.8) is 0 Å². The molecule has 6 heteroatoms. The summed E-state index contributed by atoms with van der Waals surface area (Å²) in [5.41, 5.74) is 3.77. The quantitative estimate of drug-likeness (QED) is 0.434. The average molecular weight is 473 g/mol. The smallest absolute Gasteiger partial charge is 0.290 e. The number of carbonyl (C=O) groups excluding carboxylic acids is 2. The van der Waals surface area contributed by atoms with Crippen molar-refractivity contribution >= 4 is 23.0 Å². The van der Waals surface area contributed by atoms with Crippen LogP contribution in [0.1, 0.15) is 65.1 Å². The molecule has 1 atom stereocenters. The van der Waals surface area contributed by atoms with Crippen molar-refractivity contribution < 1.29 is 14.7 Å². The third kappa shape index (κ3) is 3.86. The summed E-state index contributed by atoms with van der Waals surface area (Å²) in [7, 11) is 0. The number of rotatable bonds is 6. The van der Waals surface area contributed by atoms with E-state index in [9.17, 15) is 14.7 Å². The molecule has 1 aromatic heterocycles. The van der Waals surface area contributed by atoms with Crippen molar-refractivity contribution in [1.82, 2.24) is 9.88 Å². The van der Waals surface area contributed by atoms with Gasteiger partial charge in [-0.15, -0.1) is 11.3 Å². The number of hydrogen-bond acceptors (Lipinski definition) is 5. The van der Waals surface area contributed by atoms with Crippen LogP contribution < -0.4 is 0 Å². The molecule has 174 valence electrons. The van der Waals surface area contributed by atoms with Crippen LogP contribution in [0, 0.1) is 6.92 Å². The van der Waals surface area contributed by atoms with Gasteiger partial charge in [-0.25, -0.2) is 4.98 Å². The largest absolute Gasteiger partial charge is 0.503 e. The lowest BCUT2D eigenvalue weighted by molar-refractivity contribution is -0.131. The van der Waals surface area contributed by atoms with Crippen molar-refractivity contribution in [2.45, 2.75) is 58.0 Å². The maximum absolute atomic E-state index is 13.9. The Labute approximate surface area is 203 Å². The Morgan fingerprint density at radius 2 is 1.76 bits per heavy atom. The van der Waals surface area contributed by atoms with Crippen molar-refractivity contribution in [2.24, 2.45) is 0 Å².